The van der Waals surface area contributed by atoms with Crippen molar-refractivity contribution in [1.82, 2.24) is 10.2 Å². The molecule has 0 bridgehead atoms. The van der Waals surface area contributed by atoms with Crippen LogP contribution >= 0.6 is 0 Å². The molecule has 3 N–H and O–H groups in total. The molecule has 0 saturated heterocycles. The molecule has 0 rings (SSSR count). The maximum atomic E-state index is 11.9. The number of aliphatic hydroxyl groups is 1. The first-order chi connectivity index (χ1) is 8.11. The first-order valence-corrected chi connectivity index (χ1v) is 5.98. The summed E-state index contributed by atoms with van der Waals surface area (Å²) in [6.07, 6.45) is -0.00118. The molecule has 0 aromatic carbocycles. The topological polar surface area (TPSA) is 89.9 Å². The lowest BCUT2D eigenvalue weighted by Crippen LogP contribution is -2.52. The molecule has 0 heterocycles. The smallest absolute Gasteiger partial charge is 0.326 e. The molecule has 2 amide bonds. The van der Waals surface area contributed by atoms with Crippen LogP contribution in [0.1, 0.15) is 34.1 Å². The third-order valence-electron chi connectivity index (χ3n) is 3.17. The Bertz CT molecular complexity index is 299. The fraction of sp³-hybridized carbons (Fsp3) is 0.833. The van der Waals surface area contributed by atoms with Crippen molar-refractivity contribution >= 4 is 12.0 Å². The summed E-state index contributed by atoms with van der Waals surface area (Å²) in [6, 6.07) is -1.54. The van der Waals surface area contributed by atoms with E-state index >= 15 is 0 Å². The SMILES string of the molecule is CC(N(C)C(=O)NC(CCO)C(=O)O)C(C)(C)C. The van der Waals surface area contributed by atoms with Gasteiger partial charge in [0.2, 0.25) is 0 Å². The minimum absolute atomic E-state index is 0.00118. The van der Waals surface area contributed by atoms with Crippen LogP contribution in [-0.4, -0.2) is 52.9 Å². The van der Waals surface area contributed by atoms with E-state index in [4.69, 9.17) is 10.2 Å². The van der Waals surface area contributed by atoms with E-state index in [9.17, 15) is 9.59 Å². The molecule has 0 aliphatic heterocycles. The van der Waals surface area contributed by atoms with Gasteiger partial charge in [-0.2, -0.15) is 0 Å². The summed E-state index contributed by atoms with van der Waals surface area (Å²) in [4.78, 5) is 24.2. The summed E-state index contributed by atoms with van der Waals surface area (Å²) in [6.45, 7) is 7.63. The fourth-order valence-corrected chi connectivity index (χ4v) is 1.39. The van der Waals surface area contributed by atoms with Gasteiger partial charge in [0, 0.05) is 26.1 Å². The van der Waals surface area contributed by atoms with Gasteiger partial charge in [0.15, 0.2) is 0 Å². The molecule has 0 fully saturated rings. The first kappa shape index (κ1) is 16.7. The fourth-order valence-electron chi connectivity index (χ4n) is 1.39. The second-order valence-electron chi connectivity index (χ2n) is 5.51. The summed E-state index contributed by atoms with van der Waals surface area (Å²) in [5.74, 6) is -1.14. The van der Waals surface area contributed by atoms with Gasteiger partial charge in [0.1, 0.15) is 6.04 Å². The van der Waals surface area contributed by atoms with Gasteiger partial charge in [-0.05, 0) is 12.3 Å². The zero-order valence-corrected chi connectivity index (χ0v) is 11.7. The number of amides is 2. The highest BCUT2D eigenvalue weighted by Crippen LogP contribution is 2.22. The predicted molar refractivity (Wildman–Crippen MR) is 68.3 cm³/mol. The number of nitrogens with one attached hydrogen (secondary N) is 1. The van der Waals surface area contributed by atoms with E-state index in [1.807, 2.05) is 27.7 Å². The highest BCUT2D eigenvalue weighted by Gasteiger charge is 2.29. The lowest BCUT2D eigenvalue weighted by molar-refractivity contribution is -0.139. The van der Waals surface area contributed by atoms with Crippen molar-refractivity contribution in [2.24, 2.45) is 5.41 Å². The largest absolute Gasteiger partial charge is 0.480 e. The van der Waals surface area contributed by atoms with E-state index < -0.39 is 18.0 Å². The molecule has 0 aliphatic carbocycles. The number of hydrogen-bond donors (Lipinski definition) is 3. The molecule has 0 aromatic heterocycles. The van der Waals surface area contributed by atoms with Crippen LogP contribution in [0.15, 0.2) is 0 Å². The van der Waals surface area contributed by atoms with E-state index in [1.54, 1.807) is 7.05 Å². The van der Waals surface area contributed by atoms with Crippen LogP contribution < -0.4 is 5.32 Å². The van der Waals surface area contributed by atoms with Gasteiger partial charge in [-0.25, -0.2) is 9.59 Å². The molecular formula is C12H24N2O4. The second-order valence-corrected chi connectivity index (χ2v) is 5.51. The zero-order chi connectivity index (χ0) is 14.5. The molecule has 0 aromatic rings. The molecule has 2 atom stereocenters. The standard InChI is InChI=1S/C12H24N2O4/c1-8(12(2,3)4)14(5)11(18)13-9(6-7-15)10(16)17/h8-9,15H,6-7H2,1-5H3,(H,13,18)(H,16,17). The molecule has 18 heavy (non-hydrogen) atoms. The molecule has 2 unspecified atom stereocenters. The zero-order valence-electron chi connectivity index (χ0n) is 11.7. The van der Waals surface area contributed by atoms with Crippen molar-refractivity contribution in [3.05, 3.63) is 0 Å². The van der Waals surface area contributed by atoms with E-state index in [1.165, 1.54) is 4.90 Å². The van der Waals surface area contributed by atoms with Crippen LogP contribution in [-0.2, 0) is 4.79 Å². The summed E-state index contributed by atoms with van der Waals surface area (Å²) >= 11 is 0. The lowest BCUT2D eigenvalue weighted by Gasteiger charge is -2.35. The molecule has 106 valence electrons. The number of carbonyl (C=O) groups is 2. The maximum Gasteiger partial charge on any atom is 0.326 e. The van der Waals surface area contributed by atoms with Gasteiger partial charge in [-0.3, -0.25) is 0 Å². The molecule has 6 heteroatoms. The van der Waals surface area contributed by atoms with Crippen molar-refractivity contribution in [3.63, 3.8) is 0 Å². The number of aliphatic carboxylic acids is 1. The van der Waals surface area contributed by atoms with Crippen LogP contribution in [0, 0.1) is 5.41 Å². The number of aliphatic hydroxyl groups excluding tert-OH is 1. The van der Waals surface area contributed by atoms with Gasteiger partial charge in [0.25, 0.3) is 0 Å². The molecule has 0 spiro atoms. The van der Waals surface area contributed by atoms with E-state index in [2.05, 4.69) is 5.32 Å². The number of carboxylic acid groups (broad SMARTS) is 1. The molecule has 0 radical (unpaired) electrons. The van der Waals surface area contributed by atoms with E-state index in [-0.39, 0.29) is 24.5 Å². The van der Waals surface area contributed by atoms with Crippen LogP contribution in [0.2, 0.25) is 0 Å². The Kier molecular flexibility index (Phi) is 6.11. The molecule has 0 saturated carbocycles. The summed E-state index contributed by atoms with van der Waals surface area (Å²) < 4.78 is 0. The van der Waals surface area contributed by atoms with Crippen molar-refractivity contribution in [1.29, 1.82) is 0 Å². The van der Waals surface area contributed by atoms with Gasteiger partial charge in [-0.15, -0.1) is 0 Å². The van der Waals surface area contributed by atoms with Crippen molar-refractivity contribution in [2.45, 2.75) is 46.2 Å². The van der Waals surface area contributed by atoms with Crippen LogP contribution in [0.5, 0.6) is 0 Å². The maximum absolute atomic E-state index is 11.9. The Morgan fingerprint density at radius 2 is 1.83 bits per heavy atom. The van der Waals surface area contributed by atoms with E-state index in [0.29, 0.717) is 0 Å². The number of carbonyl (C=O) groups excluding carboxylic acids is 1. The van der Waals surface area contributed by atoms with Crippen molar-refractivity contribution in [3.8, 4) is 0 Å². The average Bonchev–Trinajstić information content (AvgIpc) is 2.24. The highest BCUT2D eigenvalue weighted by atomic mass is 16.4. The minimum atomic E-state index is -1.14. The summed E-state index contributed by atoms with van der Waals surface area (Å²) in [7, 11) is 1.63. The number of nitrogens with zero attached hydrogens (tertiary/aromatic N) is 1. The second kappa shape index (κ2) is 6.58. The minimum Gasteiger partial charge on any atom is -0.480 e. The van der Waals surface area contributed by atoms with E-state index in [0.717, 1.165) is 0 Å². The van der Waals surface area contributed by atoms with Crippen LogP contribution in [0.4, 0.5) is 4.79 Å². The Morgan fingerprint density at radius 1 is 1.33 bits per heavy atom. The molecule has 0 aliphatic rings. The summed E-state index contributed by atoms with van der Waals surface area (Å²) in [5.41, 5.74) is -0.0954. The molecule has 6 nitrogen and oxygen atoms in total. The van der Waals surface area contributed by atoms with Crippen molar-refractivity contribution < 1.29 is 19.8 Å². The third kappa shape index (κ3) is 4.91. The first-order valence-electron chi connectivity index (χ1n) is 5.98. The van der Waals surface area contributed by atoms with Gasteiger partial charge in [0.05, 0.1) is 0 Å². The van der Waals surface area contributed by atoms with Crippen molar-refractivity contribution in [2.75, 3.05) is 13.7 Å². The summed E-state index contributed by atoms with van der Waals surface area (Å²) in [5, 5.41) is 20.0. The monoisotopic (exact) mass is 260 g/mol. The Morgan fingerprint density at radius 3 is 2.17 bits per heavy atom. The number of rotatable bonds is 5. The van der Waals surface area contributed by atoms with Gasteiger partial charge < -0.3 is 20.4 Å². The quantitative estimate of drug-likeness (QED) is 0.685. The van der Waals surface area contributed by atoms with Crippen LogP contribution in [0.25, 0.3) is 0 Å². The average molecular weight is 260 g/mol. The number of hydrogen-bond acceptors (Lipinski definition) is 3. The van der Waals surface area contributed by atoms with Gasteiger partial charge >= 0.3 is 12.0 Å². The Hall–Kier alpha value is -1.30. The Labute approximate surface area is 108 Å². The third-order valence-corrected chi connectivity index (χ3v) is 3.17. The number of urea groups is 1. The van der Waals surface area contributed by atoms with Gasteiger partial charge in [-0.1, -0.05) is 20.8 Å². The normalized spacial score (nSPS) is 14.8. The molecular weight excluding hydrogens is 236 g/mol. The Balaban J connectivity index is 4.60. The predicted octanol–water partition coefficient (Wildman–Crippen LogP) is 0.898. The number of carboxylic acids is 1. The van der Waals surface area contributed by atoms with Crippen LogP contribution in [0.3, 0.4) is 0 Å². The highest BCUT2D eigenvalue weighted by molar-refractivity contribution is 5.82. The lowest BCUT2D eigenvalue weighted by atomic mass is 9.87.